The minimum Gasteiger partial charge on any atom is -0.438 e. The summed E-state index contributed by atoms with van der Waals surface area (Å²) < 4.78 is 5.15. The van der Waals surface area contributed by atoms with Gasteiger partial charge in [-0.3, -0.25) is 4.79 Å². The van der Waals surface area contributed by atoms with Crippen molar-refractivity contribution in [3.63, 3.8) is 0 Å². The number of aromatic nitrogens is 3. The molecule has 140 valence electrons. The van der Waals surface area contributed by atoms with Gasteiger partial charge in [-0.05, 0) is 33.6 Å². The molecule has 2 aromatic rings. The molecule has 1 atom stereocenters. The molecular formula is C19H27N5O2. The van der Waals surface area contributed by atoms with Crippen LogP contribution in [-0.4, -0.2) is 33.9 Å². The number of carbonyl (C=O) groups is 1. The summed E-state index contributed by atoms with van der Waals surface area (Å²) in [4.78, 5) is 27.7. The van der Waals surface area contributed by atoms with E-state index in [9.17, 15) is 4.79 Å². The standard InChI is InChI=1S/C19H27N5O2/c1-12(22-18(25)17-14(3)21-11-26-17)16-10-20-19(23-13(16)2)24(4)15-8-6-5-7-9-15/h10-12,15H,5-9H2,1-4H3,(H,22,25). The average molecular weight is 357 g/mol. The molecule has 3 rings (SSSR count). The Kier molecular flexibility index (Phi) is 5.54. The largest absolute Gasteiger partial charge is 0.438 e. The fourth-order valence-corrected chi connectivity index (χ4v) is 3.55. The Hall–Kier alpha value is -2.44. The van der Waals surface area contributed by atoms with Gasteiger partial charge in [0.05, 0.1) is 11.7 Å². The van der Waals surface area contributed by atoms with Crippen LogP contribution >= 0.6 is 0 Å². The molecule has 0 radical (unpaired) electrons. The van der Waals surface area contributed by atoms with Gasteiger partial charge in [0.2, 0.25) is 11.7 Å². The normalized spacial score (nSPS) is 16.3. The highest BCUT2D eigenvalue weighted by Crippen LogP contribution is 2.25. The van der Waals surface area contributed by atoms with Crippen molar-refractivity contribution in [1.82, 2.24) is 20.3 Å². The number of nitrogens with one attached hydrogen (secondary N) is 1. The fourth-order valence-electron chi connectivity index (χ4n) is 3.55. The summed E-state index contributed by atoms with van der Waals surface area (Å²) in [5, 5.41) is 2.93. The van der Waals surface area contributed by atoms with Crippen molar-refractivity contribution in [2.45, 2.75) is 65.0 Å². The van der Waals surface area contributed by atoms with Crippen molar-refractivity contribution in [2.24, 2.45) is 0 Å². The maximum atomic E-state index is 12.3. The first-order valence-corrected chi connectivity index (χ1v) is 9.24. The van der Waals surface area contributed by atoms with Gasteiger partial charge < -0.3 is 14.6 Å². The topological polar surface area (TPSA) is 84.2 Å². The Balaban J connectivity index is 1.70. The maximum Gasteiger partial charge on any atom is 0.289 e. The number of amides is 1. The van der Waals surface area contributed by atoms with Crippen LogP contribution in [-0.2, 0) is 0 Å². The highest BCUT2D eigenvalue weighted by atomic mass is 16.3. The number of aryl methyl sites for hydroxylation is 2. The number of nitrogens with zero attached hydrogens (tertiary/aromatic N) is 4. The van der Waals surface area contributed by atoms with Gasteiger partial charge >= 0.3 is 0 Å². The maximum absolute atomic E-state index is 12.3. The second-order valence-electron chi connectivity index (χ2n) is 7.08. The first-order chi connectivity index (χ1) is 12.5. The van der Waals surface area contributed by atoms with Gasteiger partial charge in [0.25, 0.3) is 5.91 Å². The minimum atomic E-state index is -0.282. The Morgan fingerprint density at radius 1 is 1.23 bits per heavy atom. The van der Waals surface area contributed by atoms with E-state index < -0.39 is 0 Å². The molecule has 1 N–H and O–H groups in total. The zero-order chi connectivity index (χ0) is 18.7. The van der Waals surface area contributed by atoms with Gasteiger partial charge in [-0.1, -0.05) is 19.3 Å². The lowest BCUT2D eigenvalue weighted by Gasteiger charge is -2.31. The van der Waals surface area contributed by atoms with Gasteiger partial charge in [0.1, 0.15) is 0 Å². The summed E-state index contributed by atoms with van der Waals surface area (Å²) in [5.41, 5.74) is 2.35. The van der Waals surface area contributed by atoms with Crippen LogP contribution in [0, 0.1) is 13.8 Å². The molecule has 7 heteroatoms. The zero-order valence-electron chi connectivity index (χ0n) is 16.0. The molecule has 1 unspecified atom stereocenters. The molecule has 0 saturated heterocycles. The number of hydrogen-bond acceptors (Lipinski definition) is 6. The predicted octanol–water partition coefficient (Wildman–Crippen LogP) is 3.34. The molecule has 0 aliphatic heterocycles. The highest BCUT2D eigenvalue weighted by molar-refractivity contribution is 5.92. The first kappa shape index (κ1) is 18.4. The van der Waals surface area contributed by atoms with Crippen molar-refractivity contribution in [3.05, 3.63) is 35.3 Å². The summed E-state index contributed by atoms with van der Waals surface area (Å²) >= 11 is 0. The van der Waals surface area contributed by atoms with Crippen LogP contribution < -0.4 is 10.2 Å². The SMILES string of the molecule is Cc1nc(N(C)C2CCCCC2)ncc1C(C)NC(=O)c1ocnc1C. The number of oxazole rings is 1. The number of anilines is 1. The molecular weight excluding hydrogens is 330 g/mol. The van der Waals surface area contributed by atoms with Crippen LogP contribution in [0.2, 0.25) is 0 Å². The molecule has 1 amide bonds. The monoisotopic (exact) mass is 357 g/mol. The summed E-state index contributed by atoms with van der Waals surface area (Å²) in [6.45, 7) is 5.62. The van der Waals surface area contributed by atoms with Crippen LogP contribution in [0.5, 0.6) is 0 Å². The smallest absolute Gasteiger partial charge is 0.289 e. The van der Waals surface area contributed by atoms with Crippen molar-refractivity contribution in [3.8, 4) is 0 Å². The van der Waals surface area contributed by atoms with Crippen LogP contribution in [0.4, 0.5) is 5.95 Å². The molecule has 1 fully saturated rings. The van der Waals surface area contributed by atoms with E-state index in [1.165, 1.54) is 38.5 Å². The summed E-state index contributed by atoms with van der Waals surface area (Å²) in [7, 11) is 2.07. The Morgan fingerprint density at radius 3 is 2.58 bits per heavy atom. The van der Waals surface area contributed by atoms with Gasteiger partial charge in [-0.15, -0.1) is 0 Å². The first-order valence-electron chi connectivity index (χ1n) is 9.24. The van der Waals surface area contributed by atoms with E-state index in [1.54, 1.807) is 6.92 Å². The lowest BCUT2D eigenvalue weighted by Crippen LogP contribution is -2.35. The van der Waals surface area contributed by atoms with E-state index in [-0.39, 0.29) is 17.7 Å². The number of carbonyl (C=O) groups excluding carboxylic acids is 1. The molecule has 0 spiro atoms. The van der Waals surface area contributed by atoms with E-state index in [0.717, 1.165) is 17.2 Å². The van der Waals surface area contributed by atoms with E-state index in [1.807, 2.05) is 20.0 Å². The molecule has 0 aromatic carbocycles. The lowest BCUT2D eigenvalue weighted by molar-refractivity contribution is 0.0911. The quantitative estimate of drug-likeness (QED) is 0.883. The van der Waals surface area contributed by atoms with E-state index in [0.29, 0.717) is 11.7 Å². The third-order valence-corrected chi connectivity index (χ3v) is 5.21. The van der Waals surface area contributed by atoms with Gasteiger partial charge in [-0.25, -0.2) is 15.0 Å². The predicted molar refractivity (Wildman–Crippen MR) is 99.2 cm³/mol. The van der Waals surface area contributed by atoms with Crippen LogP contribution in [0.25, 0.3) is 0 Å². The highest BCUT2D eigenvalue weighted by Gasteiger charge is 2.22. The minimum absolute atomic E-state index is 0.221. The van der Waals surface area contributed by atoms with E-state index >= 15 is 0 Å². The van der Waals surface area contributed by atoms with Crippen molar-refractivity contribution < 1.29 is 9.21 Å². The van der Waals surface area contributed by atoms with Gasteiger partial charge in [-0.2, -0.15) is 0 Å². The second kappa shape index (κ2) is 7.85. The van der Waals surface area contributed by atoms with E-state index in [4.69, 9.17) is 4.42 Å². The molecule has 26 heavy (non-hydrogen) atoms. The molecule has 2 heterocycles. The van der Waals surface area contributed by atoms with Crippen LogP contribution in [0.1, 0.15) is 72.6 Å². The summed E-state index contributed by atoms with van der Waals surface area (Å²) in [6.07, 6.45) is 9.36. The Bertz CT molecular complexity index is 767. The number of rotatable bonds is 5. The van der Waals surface area contributed by atoms with Crippen LogP contribution in [0.3, 0.4) is 0 Å². The number of hydrogen-bond donors (Lipinski definition) is 1. The molecule has 7 nitrogen and oxygen atoms in total. The Labute approximate surface area is 154 Å². The second-order valence-corrected chi connectivity index (χ2v) is 7.08. The molecule has 0 bridgehead atoms. The molecule has 2 aromatic heterocycles. The van der Waals surface area contributed by atoms with Gasteiger partial charge in [0.15, 0.2) is 6.39 Å². The third-order valence-electron chi connectivity index (χ3n) is 5.21. The molecule has 1 aliphatic carbocycles. The summed E-state index contributed by atoms with van der Waals surface area (Å²) in [5.74, 6) is 0.710. The zero-order valence-corrected chi connectivity index (χ0v) is 16.0. The third kappa shape index (κ3) is 3.86. The molecule has 1 aliphatic rings. The lowest BCUT2D eigenvalue weighted by atomic mass is 9.95. The Morgan fingerprint density at radius 2 is 1.96 bits per heavy atom. The van der Waals surface area contributed by atoms with Crippen molar-refractivity contribution in [2.75, 3.05) is 11.9 Å². The van der Waals surface area contributed by atoms with Crippen LogP contribution in [0.15, 0.2) is 17.0 Å². The average Bonchev–Trinajstić information content (AvgIpc) is 3.07. The van der Waals surface area contributed by atoms with Gasteiger partial charge in [0, 0.05) is 30.5 Å². The fraction of sp³-hybridized carbons (Fsp3) is 0.579. The van der Waals surface area contributed by atoms with Crippen molar-refractivity contribution >= 4 is 11.9 Å². The van der Waals surface area contributed by atoms with Crippen molar-refractivity contribution in [1.29, 1.82) is 0 Å². The summed E-state index contributed by atoms with van der Waals surface area (Å²) in [6, 6.07) is 0.293. The molecule has 1 saturated carbocycles. The van der Waals surface area contributed by atoms with E-state index in [2.05, 4.69) is 32.2 Å².